The number of primary amides is 1. The summed E-state index contributed by atoms with van der Waals surface area (Å²) in [6.45, 7) is 2.60. The molecule has 0 aliphatic carbocycles. The van der Waals surface area contributed by atoms with E-state index in [2.05, 4.69) is 5.16 Å². The molecule has 2 N–H and O–H groups in total. The summed E-state index contributed by atoms with van der Waals surface area (Å²) in [7, 11) is 0. The Labute approximate surface area is 172 Å². The number of amides is 1. The van der Waals surface area contributed by atoms with Gasteiger partial charge in [0.2, 0.25) is 6.79 Å². The second-order valence-electron chi connectivity index (χ2n) is 7.11. The topological polar surface area (TPSA) is 92.5 Å². The molecule has 0 spiro atoms. The Morgan fingerprint density at radius 2 is 1.87 bits per heavy atom. The fourth-order valence-electron chi connectivity index (χ4n) is 3.67. The van der Waals surface area contributed by atoms with Crippen LogP contribution in [0, 0.1) is 6.92 Å². The lowest BCUT2D eigenvalue weighted by Gasteiger charge is -2.11. The fraction of sp³-hybridized carbons (Fsp3) is 0.130. The average molecular weight is 401 g/mol. The van der Waals surface area contributed by atoms with Gasteiger partial charge in [-0.1, -0.05) is 41.6 Å². The molecule has 30 heavy (non-hydrogen) atoms. The van der Waals surface area contributed by atoms with E-state index in [1.807, 2.05) is 66.1 Å². The summed E-state index contributed by atoms with van der Waals surface area (Å²) in [6.07, 6.45) is 0. The van der Waals surface area contributed by atoms with Crippen LogP contribution >= 0.6 is 0 Å². The van der Waals surface area contributed by atoms with Gasteiger partial charge in [0.25, 0.3) is 5.91 Å². The van der Waals surface area contributed by atoms with Crippen molar-refractivity contribution in [2.24, 2.45) is 5.73 Å². The zero-order chi connectivity index (χ0) is 20.7. The summed E-state index contributed by atoms with van der Waals surface area (Å²) >= 11 is 0. The molecule has 0 saturated heterocycles. The third-order valence-corrected chi connectivity index (χ3v) is 5.24. The molecular weight excluding hydrogens is 382 g/mol. The fourth-order valence-corrected chi connectivity index (χ4v) is 3.67. The summed E-state index contributed by atoms with van der Waals surface area (Å²) in [5, 5.41) is 4.24. The van der Waals surface area contributed by atoms with Gasteiger partial charge in [-0.05, 0) is 30.7 Å². The van der Waals surface area contributed by atoms with E-state index in [1.54, 1.807) is 6.07 Å². The Kier molecular flexibility index (Phi) is 4.28. The van der Waals surface area contributed by atoms with E-state index in [-0.39, 0.29) is 6.79 Å². The second-order valence-corrected chi connectivity index (χ2v) is 7.11. The molecule has 1 aliphatic heterocycles. The van der Waals surface area contributed by atoms with Crippen molar-refractivity contribution in [3.63, 3.8) is 0 Å². The Morgan fingerprint density at radius 1 is 1.07 bits per heavy atom. The van der Waals surface area contributed by atoms with Crippen molar-refractivity contribution in [3.8, 4) is 34.2 Å². The van der Waals surface area contributed by atoms with E-state index >= 15 is 0 Å². The van der Waals surface area contributed by atoms with Crippen LogP contribution in [0.5, 0.6) is 11.5 Å². The molecule has 150 valence electrons. The van der Waals surface area contributed by atoms with Crippen LogP contribution in [0.4, 0.5) is 0 Å². The highest BCUT2D eigenvalue weighted by molar-refractivity contribution is 5.95. The minimum absolute atomic E-state index is 0.222. The first-order chi connectivity index (χ1) is 14.6. The third-order valence-electron chi connectivity index (χ3n) is 5.24. The largest absolute Gasteiger partial charge is 0.454 e. The van der Waals surface area contributed by atoms with E-state index < -0.39 is 5.91 Å². The number of carbonyl (C=O) groups is 1. The maximum atomic E-state index is 12.0. The van der Waals surface area contributed by atoms with Crippen LogP contribution in [0.2, 0.25) is 0 Å². The highest BCUT2D eigenvalue weighted by atomic mass is 16.7. The van der Waals surface area contributed by atoms with Gasteiger partial charge in [-0.15, -0.1) is 0 Å². The summed E-state index contributed by atoms with van der Waals surface area (Å²) in [5.74, 6) is 1.61. The van der Waals surface area contributed by atoms with Gasteiger partial charge in [0.15, 0.2) is 17.3 Å². The molecule has 0 radical (unpaired) electrons. The smallest absolute Gasteiger partial charge is 0.250 e. The van der Waals surface area contributed by atoms with Crippen molar-refractivity contribution < 1.29 is 18.8 Å². The van der Waals surface area contributed by atoms with Crippen LogP contribution in [0.25, 0.3) is 22.7 Å². The second kappa shape index (κ2) is 7.11. The van der Waals surface area contributed by atoms with Crippen molar-refractivity contribution in [3.05, 3.63) is 77.5 Å². The van der Waals surface area contributed by atoms with E-state index in [0.717, 1.165) is 28.3 Å². The molecule has 2 aromatic heterocycles. The molecule has 5 rings (SSSR count). The number of nitrogens with two attached hydrogens (primary N) is 1. The summed E-state index contributed by atoms with van der Waals surface area (Å²) in [5.41, 5.74) is 10.1. The third kappa shape index (κ3) is 3.10. The van der Waals surface area contributed by atoms with Crippen LogP contribution in [0.1, 0.15) is 21.6 Å². The summed E-state index contributed by atoms with van der Waals surface area (Å²) in [6, 6.07) is 19.2. The number of hydrogen-bond acceptors (Lipinski definition) is 5. The van der Waals surface area contributed by atoms with Crippen molar-refractivity contribution in [2.75, 3.05) is 6.79 Å². The predicted octanol–water partition coefficient (Wildman–Crippen LogP) is 3.99. The first kappa shape index (κ1) is 18.1. The maximum Gasteiger partial charge on any atom is 0.250 e. The van der Waals surface area contributed by atoms with Gasteiger partial charge in [0, 0.05) is 23.9 Å². The molecule has 7 nitrogen and oxygen atoms in total. The molecule has 0 bridgehead atoms. The lowest BCUT2D eigenvalue weighted by molar-refractivity contribution is 0.0999. The number of ether oxygens (including phenoxy) is 2. The van der Waals surface area contributed by atoms with Crippen LogP contribution in [-0.2, 0) is 6.54 Å². The molecule has 1 aliphatic rings. The molecule has 0 saturated carbocycles. The number of fused-ring (bicyclic) bond motifs is 1. The molecule has 1 amide bonds. The van der Waals surface area contributed by atoms with Crippen LogP contribution < -0.4 is 15.2 Å². The van der Waals surface area contributed by atoms with Gasteiger partial charge in [-0.3, -0.25) is 4.79 Å². The van der Waals surface area contributed by atoms with Gasteiger partial charge < -0.3 is 24.3 Å². The summed E-state index contributed by atoms with van der Waals surface area (Å²) in [4.78, 5) is 12.0. The lowest BCUT2D eigenvalue weighted by Crippen LogP contribution is -2.12. The Morgan fingerprint density at radius 3 is 2.67 bits per heavy atom. The number of rotatable bonds is 5. The maximum absolute atomic E-state index is 12.0. The van der Waals surface area contributed by atoms with E-state index in [0.29, 0.717) is 29.3 Å². The van der Waals surface area contributed by atoms with Crippen LogP contribution in [0.3, 0.4) is 0 Å². The van der Waals surface area contributed by atoms with Crippen molar-refractivity contribution in [1.82, 2.24) is 9.72 Å². The van der Waals surface area contributed by atoms with Crippen molar-refractivity contribution in [1.29, 1.82) is 0 Å². The van der Waals surface area contributed by atoms with E-state index in [4.69, 9.17) is 19.7 Å². The average Bonchev–Trinajstić information content (AvgIpc) is 3.48. The number of hydrogen-bond donors (Lipinski definition) is 1. The molecule has 0 atom stereocenters. The van der Waals surface area contributed by atoms with E-state index in [9.17, 15) is 4.79 Å². The number of aromatic nitrogens is 2. The Hall–Kier alpha value is -4.00. The van der Waals surface area contributed by atoms with Gasteiger partial charge in [0.1, 0.15) is 5.69 Å². The first-order valence-electron chi connectivity index (χ1n) is 9.51. The standard InChI is InChI=1S/C23H19N3O4/c1-14-17(23(24)27)10-19(18-11-21(30-25-18)16-5-3-2-4-6-16)26(14)12-15-7-8-20-22(9-15)29-13-28-20/h2-11H,12-13H2,1H3,(H2,24,27). The Bertz CT molecular complexity index is 1240. The molecule has 3 heterocycles. The molecule has 2 aromatic carbocycles. The van der Waals surface area contributed by atoms with Crippen LogP contribution in [0.15, 0.2) is 65.2 Å². The summed E-state index contributed by atoms with van der Waals surface area (Å²) < 4.78 is 18.4. The highest BCUT2D eigenvalue weighted by Crippen LogP contribution is 2.34. The molecule has 7 heteroatoms. The predicted molar refractivity (Wildman–Crippen MR) is 110 cm³/mol. The minimum Gasteiger partial charge on any atom is -0.454 e. The van der Waals surface area contributed by atoms with Crippen molar-refractivity contribution >= 4 is 5.91 Å². The number of carbonyl (C=O) groups excluding carboxylic acids is 1. The van der Waals surface area contributed by atoms with Crippen LogP contribution in [-0.4, -0.2) is 22.4 Å². The molecule has 4 aromatic rings. The van der Waals surface area contributed by atoms with Gasteiger partial charge in [-0.2, -0.15) is 0 Å². The van der Waals surface area contributed by atoms with E-state index in [1.165, 1.54) is 0 Å². The van der Waals surface area contributed by atoms with Crippen molar-refractivity contribution in [2.45, 2.75) is 13.5 Å². The SMILES string of the molecule is Cc1c(C(N)=O)cc(-c2cc(-c3ccccc3)on2)n1Cc1ccc2c(c1)OCO2. The monoisotopic (exact) mass is 401 g/mol. The van der Waals surface area contributed by atoms with Gasteiger partial charge in [0.05, 0.1) is 11.3 Å². The molecular formula is C23H19N3O4. The molecule has 0 fully saturated rings. The van der Waals surface area contributed by atoms with Gasteiger partial charge in [-0.25, -0.2) is 0 Å². The zero-order valence-corrected chi connectivity index (χ0v) is 16.3. The first-order valence-corrected chi connectivity index (χ1v) is 9.51. The quantitative estimate of drug-likeness (QED) is 0.546. The molecule has 0 unspecified atom stereocenters. The zero-order valence-electron chi connectivity index (χ0n) is 16.3. The lowest BCUT2D eigenvalue weighted by atomic mass is 10.1. The van der Waals surface area contributed by atoms with Gasteiger partial charge >= 0.3 is 0 Å². The Balaban J connectivity index is 1.56. The normalized spacial score (nSPS) is 12.3. The number of nitrogens with zero attached hydrogens (tertiary/aromatic N) is 2. The number of benzene rings is 2. The minimum atomic E-state index is -0.482. The highest BCUT2D eigenvalue weighted by Gasteiger charge is 2.21.